The first-order valence-corrected chi connectivity index (χ1v) is 6.03. The van der Waals surface area contributed by atoms with Crippen molar-refractivity contribution in [3.05, 3.63) is 59.2 Å². The average Bonchev–Trinajstić information content (AvgIpc) is 2.40. The van der Waals surface area contributed by atoms with E-state index >= 15 is 0 Å². The first-order chi connectivity index (χ1) is 8.74. The van der Waals surface area contributed by atoms with E-state index in [1.54, 1.807) is 7.11 Å². The smallest absolute Gasteiger partial charge is 0.0716 e. The van der Waals surface area contributed by atoms with E-state index in [0.717, 1.165) is 16.7 Å². The van der Waals surface area contributed by atoms with Crippen LogP contribution >= 0.6 is 0 Å². The Morgan fingerprint density at radius 2 is 1.61 bits per heavy atom. The van der Waals surface area contributed by atoms with E-state index in [1.807, 2.05) is 12.1 Å². The molecule has 94 valence electrons. The van der Waals surface area contributed by atoms with Gasteiger partial charge >= 0.3 is 0 Å². The van der Waals surface area contributed by atoms with Gasteiger partial charge in [-0.3, -0.25) is 0 Å². The Morgan fingerprint density at radius 1 is 0.944 bits per heavy atom. The summed E-state index contributed by atoms with van der Waals surface area (Å²) in [4.78, 5) is 0. The molecule has 1 N–H and O–H groups in total. The Morgan fingerprint density at radius 3 is 2.22 bits per heavy atom. The van der Waals surface area contributed by atoms with Gasteiger partial charge in [-0.2, -0.15) is 0 Å². The van der Waals surface area contributed by atoms with Gasteiger partial charge in [0, 0.05) is 7.11 Å². The standard InChI is InChI=1S/C16H18O2/c1-12-3-5-13(6-4-12)14-7-8-15(10-17)16(9-14)11-18-2/h3-9,17H,10-11H2,1-2H3. The van der Waals surface area contributed by atoms with Crippen molar-refractivity contribution in [1.82, 2.24) is 0 Å². The van der Waals surface area contributed by atoms with Crippen molar-refractivity contribution in [1.29, 1.82) is 0 Å². The number of hydrogen-bond donors (Lipinski definition) is 1. The Labute approximate surface area is 108 Å². The number of ether oxygens (including phenoxy) is 1. The molecule has 0 aromatic heterocycles. The normalized spacial score (nSPS) is 10.6. The van der Waals surface area contributed by atoms with Crippen molar-refractivity contribution in [3.8, 4) is 11.1 Å². The van der Waals surface area contributed by atoms with Crippen LogP contribution in [0.15, 0.2) is 42.5 Å². The molecule has 0 bridgehead atoms. The molecule has 0 radical (unpaired) electrons. The lowest BCUT2D eigenvalue weighted by Gasteiger charge is -2.10. The van der Waals surface area contributed by atoms with Gasteiger partial charge in [-0.25, -0.2) is 0 Å². The van der Waals surface area contributed by atoms with Crippen LogP contribution in [0.3, 0.4) is 0 Å². The van der Waals surface area contributed by atoms with Gasteiger partial charge in [-0.1, -0.05) is 42.0 Å². The van der Waals surface area contributed by atoms with Crippen LogP contribution in [-0.2, 0) is 18.0 Å². The highest BCUT2D eigenvalue weighted by atomic mass is 16.5. The van der Waals surface area contributed by atoms with Gasteiger partial charge in [0.05, 0.1) is 13.2 Å². The average molecular weight is 242 g/mol. The lowest BCUT2D eigenvalue weighted by molar-refractivity contribution is 0.181. The molecule has 0 aliphatic rings. The monoisotopic (exact) mass is 242 g/mol. The summed E-state index contributed by atoms with van der Waals surface area (Å²) in [5.41, 5.74) is 5.55. The number of aliphatic hydroxyl groups is 1. The second-order valence-corrected chi connectivity index (χ2v) is 4.44. The van der Waals surface area contributed by atoms with E-state index < -0.39 is 0 Å². The number of aliphatic hydroxyl groups excluding tert-OH is 1. The van der Waals surface area contributed by atoms with Crippen molar-refractivity contribution < 1.29 is 9.84 Å². The molecule has 0 saturated carbocycles. The van der Waals surface area contributed by atoms with Crippen LogP contribution in [0.25, 0.3) is 11.1 Å². The summed E-state index contributed by atoms with van der Waals surface area (Å²) in [6.07, 6.45) is 0. The maximum Gasteiger partial charge on any atom is 0.0716 e. The molecule has 2 rings (SSSR count). The summed E-state index contributed by atoms with van der Waals surface area (Å²) in [6.45, 7) is 2.65. The van der Waals surface area contributed by atoms with E-state index in [-0.39, 0.29) is 6.61 Å². The van der Waals surface area contributed by atoms with Gasteiger partial charge in [0.2, 0.25) is 0 Å². The fourth-order valence-corrected chi connectivity index (χ4v) is 2.00. The van der Waals surface area contributed by atoms with Crippen molar-refractivity contribution in [2.24, 2.45) is 0 Å². The largest absolute Gasteiger partial charge is 0.392 e. The van der Waals surface area contributed by atoms with Gasteiger partial charge in [0.15, 0.2) is 0 Å². The van der Waals surface area contributed by atoms with Crippen LogP contribution in [0.2, 0.25) is 0 Å². The van der Waals surface area contributed by atoms with E-state index in [0.29, 0.717) is 6.61 Å². The third-order valence-corrected chi connectivity index (χ3v) is 3.06. The maximum atomic E-state index is 9.29. The first kappa shape index (κ1) is 12.8. The Hall–Kier alpha value is -1.64. The minimum absolute atomic E-state index is 0.0485. The van der Waals surface area contributed by atoms with Gasteiger partial charge in [-0.05, 0) is 35.2 Å². The van der Waals surface area contributed by atoms with Crippen molar-refractivity contribution in [2.45, 2.75) is 20.1 Å². The SMILES string of the molecule is COCc1cc(-c2ccc(C)cc2)ccc1CO. The molecule has 0 aliphatic carbocycles. The minimum Gasteiger partial charge on any atom is -0.392 e. The highest BCUT2D eigenvalue weighted by molar-refractivity contribution is 5.65. The van der Waals surface area contributed by atoms with E-state index in [2.05, 4.69) is 37.3 Å². The summed E-state index contributed by atoms with van der Waals surface area (Å²) >= 11 is 0. The second kappa shape index (κ2) is 5.80. The van der Waals surface area contributed by atoms with Gasteiger partial charge in [0.1, 0.15) is 0 Å². The van der Waals surface area contributed by atoms with Gasteiger partial charge < -0.3 is 9.84 Å². The quantitative estimate of drug-likeness (QED) is 0.891. The fraction of sp³-hybridized carbons (Fsp3) is 0.250. The summed E-state index contributed by atoms with van der Waals surface area (Å²) in [6, 6.07) is 14.5. The second-order valence-electron chi connectivity index (χ2n) is 4.44. The van der Waals surface area contributed by atoms with Crippen LogP contribution < -0.4 is 0 Å². The number of benzene rings is 2. The maximum absolute atomic E-state index is 9.29. The third-order valence-electron chi connectivity index (χ3n) is 3.06. The highest BCUT2D eigenvalue weighted by Crippen LogP contribution is 2.23. The van der Waals surface area contributed by atoms with Crippen LogP contribution in [0.4, 0.5) is 0 Å². The molecule has 2 aromatic rings. The molecule has 0 unspecified atom stereocenters. The number of aryl methyl sites for hydroxylation is 1. The predicted octanol–water partition coefficient (Wildman–Crippen LogP) is 3.30. The molecular formula is C16H18O2. The fourth-order valence-electron chi connectivity index (χ4n) is 2.00. The number of rotatable bonds is 4. The molecular weight excluding hydrogens is 224 g/mol. The summed E-state index contributed by atoms with van der Waals surface area (Å²) < 4.78 is 5.17. The molecule has 2 heteroatoms. The zero-order chi connectivity index (χ0) is 13.0. The van der Waals surface area contributed by atoms with E-state index in [1.165, 1.54) is 11.1 Å². The zero-order valence-electron chi connectivity index (χ0n) is 10.8. The molecule has 0 fully saturated rings. The van der Waals surface area contributed by atoms with Crippen molar-refractivity contribution >= 4 is 0 Å². The summed E-state index contributed by atoms with van der Waals surface area (Å²) in [7, 11) is 1.67. The summed E-state index contributed by atoms with van der Waals surface area (Å²) in [5, 5.41) is 9.29. The molecule has 0 heterocycles. The molecule has 0 atom stereocenters. The topological polar surface area (TPSA) is 29.5 Å². The van der Waals surface area contributed by atoms with Gasteiger partial charge in [-0.15, -0.1) is 0 Å². The highest BCUT2D eigenvalue weighted by Gasteiger charge is 2.04. The molecule has 0 saturated heterocycles. The van der Waals surface area contributed by atoms with Crippen molar-refractivity contribution in [2.75, 3.05) is 7.11 Å². The Balaban J connectivity index is 2.39. The molecule has 2 aromatic carbocycles. The third kappa shape index (κ3) is 2.78. The van der Waals surface area contributed by atoms with Crippen LogP contribution in [0.5, 0.6) is 0 Å². The summed E-state index contributed by atoms with van der Waals surface area (Å²) in [5.74, 6) is 0. The van der Waals surface area contributed by atoms with E-state index in [9.17, 15) is 5.11 Å². The van der Waals surface area contributed by atoms with Crippen LogP contribution in [-0.4, -0.2) is 12.2 Å². The Bertz CT molecular complexity index is 515. The van der Waals surface area contributed by atoms with Crippen LogP contribution in [0.1, 0.15) is 16.7 Å². The molecule has 18 heavy (non-hydrogen) atoms. The van der Waals surface area contributed by atoms with E-state index in [4.69, 9.17) is 4.74 Å². The lowest BCUT2D eigenvalue weighted by Crippen LogP contribution is -1.96. The predicted molar refractivity (Wildman–Crippen MR) is 73.3 cm³/mol. The number of hydrogen-bond acceptors (Lipinski definition) is 2. The molecule has 0 amide bonds. The van der Waals surface area contributed by atoms with Gasteiger partial charge in [0.25, 0.3) is 0 Å². The Kier molecular flexibility index (Phi) is 4.13. The first-order valence-electron chi connectivity index (χ1n) is 6.03. The number of methoxy groups -OCH3 is 1. The molecule has 0 spiro atoms. The lowest BCUT2D eigenvalue weighted by atomic mass is 9.99. The zero-order valence-corrected chi connectivity index (χ0v) is 10.8. The molecule has 0 aliphatic heterocycles. The van der Waals surface area contributed by atoms with Crippen molar-refractivity contribution in [3.63, 3.8) is 0 Å². The van der Waals surface area contributed by atoms with Crippen LogP contribution in [0, 0.1) is 6.92 Å². The molecule has 2 nitrogen and oxygen atoms in total. The minimum atomic E-state index is 0.0485.